The minimum atomic E-state index is -4.41. The van der Waals surface area contributed by atoms with Crippen molar-refractivity contribution < 1.29 is 27.3 Å². The summed E-state index contributed by atoms with van der Waals surface area (Å²) in [5.41, 5.74) is -0.377. The summed E-state index contributed by atoms with van der Waals surface area (Å²) in [6, 6.07) is 12.8. The standard InChI is InChI=1S/C19H20ClNO6S/c1-19(2,18(23)21-11-12-28(24,25)26)27-16-9-5-14(6-10-16)17(22)13-3-7-15(20)8-4-13/h3-10H,11-12H2,1-2H3,(H,21,23)(H,24,25,26)/p-1. The van der Waals surface area contributed by atoms with E-state index in [9.17, 15) is 22.6 Å². The Morgan fingerprint density at radius 2 is 1.54 bits per heavy atom. The van der Waals surface area contributed by atoms with Crippen LogP contribution in [0, 0.1) is 0 Å². The van der Waals surface area contributed by atoms with E-state index >= 15 is 0 Å². The SMILES string of the molecule is CC(C)(Oc1ccc(C(=O)c2ccc(Cl)cc2)cc1)C(=O)NCCS(=O)(=O)[O-]. The quantitative estimate of drug-likeness (QED) is 0.514. The van der Waals surface area contributed by atoms with Crippen molar-refractivity contribution in [2.45, 2.75) is 19.4 Å². The normalized spacial score (nSPS) is 11.7. The molecule has 0 aliphatic rings. The molecule has 0 heterocycles. The first-order chi connectivity index (χ1) is 13.0. The van der Waals surface area contributed by atoms with Gasteiger partial charge in [0.15, 0.2) is 11.4 Å². The second-order valence-electron chi connectivity index (χ2n) is 6.49. The zero-order valence-electron chi connectivity index (χ0n) is 15.3. The first kappa shape index (κ1) is 21.9. The maximum Gasteiger partial charge on any atom is 0.263 e. The highest BCUT2D eigenvalue weighted by molar-refractivity contribution is 7.85. The Morgan fingerprint density at radius 1 is 1.04 bits per heavy atom. The molecule has 2 aromatic carbocycles. The van der Waals surface area contributed by atoms with Gasteiger partial charge in [0, 0.05) is 22.7 Å². The van der Waals surface area contributed by atoms with E-state index in [1.807, 2.05) is 0 Å². The number of ketones is 1. The summed E-state index contributed by atoms with van der Waals surface area (Å²) in [5.74, 6) is -1.10. The maximum atomic E-state index is 12.4. The Hall–Kier alpha value is -2.42. The lowest BCUT2D eigenvalue weighted by Gasteiger charge is -2.25. The minimum absolute atomic E-state index is 0.181. The summed E-state index contributed by atoms with van der Waals surface area (Å²) < 4.78 is 37.4. The van der Waals surface area contributed by atoms with Gasteiger partial charge in [0.25, 0.3) is 5.91 Å². The third kappa shape index (κ3) is 6.33. The van der Waals surface area contributed by atoms with E-state index in [0.717, 1.165) is 0 Å². The van der Waals surface area contributed by atoms with Crippen LogP contribution in [0.25, 0.3) is 0 Å². The van der Waals surface area contributed by atoms with Gasteiger partial charge in [-0.05, 0) is 62.4 Å². The van der Waals surface area contributed by atoms with E-state index in [2.05, 4.69) is 5.32 Å². The first-order valence-electron chi connectivity index (χ1n) is 8.29. The van der Waals surface area contributed by atoms with Crippen molar-refractivity contribution in [3.8, 4) is 5.75 Å². The fourth-order valence-electron chi connectivity index (χ4n) is 2.29. The molecule has 0 unspecified atom stereocenters. The number of nitrogens with one attached hydrogen (secondary N) is 1. The Bertz CT molecular complexity index is 953. The zero-order chi connectivity index (χ0) is 20.9. The van der Waals surface area contributed by atoms with Crippen molar-refractivity contribution in [2.75, 3.05) is 12.3 Å². The van der Waals surface area contributed by atoms with Crippen LogP contribution < -0.4 is 10.1 Å². The lowest BCUT2D eigenvalue weighted by atomic mass is 10.0. The van der Waals surface area contributed by atoms with Crippen LogP contribution in [0.4, 0.5) is 0 Å². The molecule has 9 heteroatoms. The van der Waals surface area contributed by atoms with Gasteiger partial charge in [0.05, 0.1) is 15.9 Å². The molecule has 1 amide bonds. The summed E-state index contributed by atoms with van der Waals surface area (Å²) in [6.07, 6.45) is 0. The number of halogens is 1. The molecule has 2 aromatic rings. The smallest absolute Gasteiger partial charge is 0.263 e. The van der Waals surface area contributed by atoms with Crippen LogP contribution in [-0.2, 0) is 14.9 Å². The van der Waals surface area contributed by atoms with E-state index < -0.39 is 27.4 Å². The van der Waals surface area contributed by atoms with Crippen molar-refractivity contribution in [1.29, 1.82) is 0 Å². The Kier molecular flexibility index (Phi) is 6.82. The van der Waals surface area contributed by atoms with Gasteiger partial charge in [0.1, 0.15) is 5.75 Å². The monoisotopic (exact) mass is 424 g/mol. The molecule has 0 aromatic heterocycles. The zero-order valence-corrected chi connectivity index (χ0v) is 16.8. The third-order valence-corrected chi connectivity index (χ3v) is 4.74. The van der Waals surface area contributed by atoms with Crippen molar-refractivity contribution in [2.24, 2.45) is 0 Å². The van der Waals surface area contributed by atoms with Gasteiger partial charge in [-0.1, -0.05) is 11.6 Å². The summed E-state index contributed by atoms with van der Waals surface area (Å²) >= 11 is 5.82. The van der Waals surface area contributed by atoms with Crippen molar-refractivity contribution in [1.82, 2.24) is 5.32 Å². The number of carbonyl (C=O) groups is 2. The highest BCUT2D eigenvalue weighted by Crippen LogP contribution is 2.21. The summed E-state index contributed by atoms with van der Waals surface area (Å²) in [4.78, 5) is 24.6. The molecule has 0 fully saturated rings. The van der Waals surface area contributed by atoms with Gasteiger partial charge >= 0.3 is 0 Å². The fourth-order valence-corrected chi connectivity index (χ4v) is 2.76. The van der Waals surface area contributed by atoms with E-state index in [1.54, 1.807) is 48.5 Å². The maximum absolute atomic E-state index is 12.4. The highest BCUT2D eigenvalue weighted by atomic mass is 35.5. The Labute approximate surface area is 168 Å². The summed E-state index contributed by atoms with van der Waals surface area (Å²) in [5, 5.41) is 2.88. The van der Waals surface area contributed by atoms with Gasteiger partial charge in [-0.2, -0.15) is 0 Å². The predicted octanol–water partition coefficient (Wildman–Crippen LogP) is 2.39. The number of amides is 1. The van der Waals surface area contributed by atoms with Gasteiger partial charge in [-0.3, -0.25) is 9.59 Å². The van der Waals surface area contributed by atoms with Crippen molar-refractivity contribution in [3.05, 3.63) is 64.7 Å². The summed E-state index contributed by atoms with van der Waals surface area (Å²) in [7, 11) is -4.41. The number of hydrogen-bond donors (Lipinski definition) is 1. The topological polar surface area (TPSA) is 113 Å². The molecule has 0 saturated heterocycles. The number of hydrogen-bond acceptors (Lipinski definition) is 6. The molecule has 0 aliphatic carbocycles. The van der Waals surface area contributed by atoms with Gasteiger partial charge in [-0.25, -0.2) is 8.42 Å². The summed E-state index contributed by atoms with van der Waals surface area (Å²) in [6.45, 7) is 2.70. The number of rotatable bonds is 8. The van der Waals surface area contributed by atoms with Crippen LogP contribution in [0.1, 0.15) is 29.8 Å². The van der Waals surface area contributed by atoms with E-state index in [4.69, 9.17) is 16.3 Å². The van der Waals surface area contributed by atoms with Gasteiger partial charge in [-0.15, -0.1) is 0 Å². The van der Waals surface area contributed by atoms with Crippen LogP contribution in [0.2, 0.25) is 5.02 Å². The largest absolute Gasteiger partial charge is 0.748 e. The van der Waals surface area contributed by atoms with Crippen LogP contribution >= 0.6 is 11.6 Å². The molecule has 150 valence electrons. The van der Waals surface area contributed by atoms with Crippen LogP contribution in [0.15, 0.2) is 48.5 Å². The Balaban J connectivity index is 2.01. The van der Waals surface area contributed by atoms with Crippen LogP contribution in [0.5, 0.6) is 5.75 Å². The molecule has 0 saturated carbocycles. The Morgan fingerprint density at radius 3 is 2.04 bits per heavy atom. The third-order valence-electron chi connectivity index (χ3n) is 3.78. The molecule has 0 bridgehead atoms. The minimum Gasteiger partial charge on any atom is -0.748 e. The van der Waals surface area contributed by atoms with Crippen molar-refractivity contribution >= 4 is 33.4 Å². The molecule has 28 heavy (non-hydrogen) atoms. The van der Waals surface area contributed by atoms with E-state index in [1.165, 1.54) is 13.8 Å². The van der Waals surface area contributed by atoms with E-state index in [0.29, 0.717) is 21.9 Å². The molecule has 7 nitrogen and oxygen atoms in total. The van der Waals surface area contributed by atoms with Crippen LogP contribution in [0.3, 0.4) is 0 Å². The van der Waals surface area contributed by atoms with E-state index in [-0.39, 0.29) is 12.3 Å². The number of benzene rings is 2. The molecule has 0 radical (unpaired) electrons. The van der Waals surface area contributed by atoms with Gasteiger partial charge < -0.3 is 14.6 Å². The molecule has 0 spiro atoms. The second-order valence-corrected chi connectivity index (χ2v) is 8.45. The average Bonchev–Trinajstić information content (AvgIpc) is 2.61. The first-order valence-corrected chi connectivity index (χ1v) is 10.2. The molecular weight excluding hydrogens is 406 g/mol. The van der Waals surface area contributed by atoms with Crippen LogP contribution in [-0.4, -0.2) is 42.6 Å². The van der Waals surface area contributed by atoms with Gasteiger partial charge in [0.2, 0.25) is 0 Å². The van der Waals surface area contributed by atoms with Crippen molar-refractivity contribution in [3.63, 3.8) is 0 Å². The molecular formula is C19H19ClNO6S-. The predicted molar refractivity (Wildman–Crippen MR) is 104 cm³/mol. The molecule has 1 N–H and O–H groups in total. The average molecular weight is 425 g/mol. The fraction of sp³-hybridized carbons (Fsp3) is 0.263. The lowest BCUT2D eigenvalue weighted by Crippen LogP contribution is -2.47. The number of carbonyl (C=O) groups excluding carboxylic acids is 2. The molecule has 0 aliphatic heterocycles. The lowest BCUT2D eigenvalue weighted by molar-refractivity contribution is -0.134. The number of ether oxygens (including phenoxy) is 1. The highest BCUT2D eigenvalue weighted by Gasteiger charge is 2.29. The molecule has 0 atom stereocenters. The second kappa shape index (κ2) is 8.72. The molecule has 2 rings (SSSR count).